The maximum Gasteiger partial charge on any atom is 0.0722 e. The minimum Gasteiger partial charge on any atom is -0.369 e. The molecule has 112 valence electrons. The summed E-state index contributed by atoms with van der Waals surface area (Å²) in [6.45, 7) is 7.94. The van der Waals surface area contributed by atoms with E-state index in [1.54, 1.807) is 0 Å². The van der Waals surface area contributed by atoms with Crippen LogP contribution in [-0.2, 0) is 0 Å². The lowest BCUT2D eigenvalue weighted by Crippen LogP contribution is -2.38. The molecule has 0 amide bonds. The topological polar surface area (TPSA) is 28.2 Å². The van der Waals surface area contributed by atoms with Crippen LogP contribution in [0.25, 0.3) is 10.9 Å². The summed E-state index contributed by atoms with van der Waals surface area (Å²) in [4.78, 5) is 7.02. The van der Waals surface area contributed by atoms with Gasteiger partial charge in [0.25, 0.3) is 0 Å². The van der Waals surface area contributed by atoms with E-state index in [1.165, 1.54) is 23.9 Å². The van der Waals surface area contributed by atoms with Crippen LogP contribution in [0.1, 0.15) is 26.7 Å². The lowest BCUT2D eigenvalue weighted by molar-refractivity contribution is 0.436. The summed E-state index contributed by atoms with van der Waals surface area (Å²) >= 11 is 0. The molecule has 1 aromatic carbocycles. The van der Waals surface area contributed by atoms with Gasteiger partial charge in [-0.1, -0.05) is 19.9 Å². The molecule has 3 rings (SSSR count). The normalized spacial score (nSPS) is 20.0. The zero-order valence-corrected chi connectivity index (χ0v) is 13.0. The van der Waals surface area contributed by atoms with E-state index in [1.807, 2.05) is 12.3 Å². The molecule has 1 fully saturated rings. The summed E-state index contributed by atoms with van der Waals surface area (Å²) in [6, 6.07) is 11.3. The molecule has 1 saturated heterocycles. The molecule has 1 aliphatic rings. The molecule has 0 saturated carbocycles. The molecule has 0 radical (unpaired) electrons. The van der Waals surface area contributed by atoms with E-state index < -0.39 is 0 Å². The van der Waals surface area contributed by atoms with Gasteiger partial charge < -0.3 is 10.2 Å². The lowest BCUT2D eigenvalue weighted by atomic mass is 10.0. The smallest absolute Gasteiger partial charge is 0.0722 e. The van der Waals surface area contributed by atoms with Gasteiger partial charge in [0.1, 0.15) is 0 Å². The first-order valence-electron chi connectivity index (χ1n) is 8.06. The second kappa shape index (κ2) is 6.44. The Kier molecular flexibility index (Phi) is 4.39. The van der Waals surface area contributed by atoms with Gasteiger partial charge in [0, 0.05) is 36.4 Å². The number of anilines is 1. The molecule has 0 spiro atoms. The van der Waals surface area contributed by atoms with Crippen molar-refractivity contribution in [1.82, 2.24) is 10.3 Å². The average molecular weight is 283 g/mol. The zero-order chi connectivity index (χ0) is 14.7. The summed E-state index contributed by atoms with van der Waals surface area (Å²) in [5.41, 5.74) is 2.42. The van der Waals surface area contributed by atoms with Crippen LogP contribution in [-0.4, -0.2) is 30.7 Å². The van der Waals surface area contributed by atoms with E-state index >= 15 is 0 Å². The van der Waals surface area contributed by atoms with E-state index in [-0.39, 0.29) is 0 Å². The van der Waals surface area contributed by atoms with E-state index in [9.17, 15) is 0 Å². The van der Waals surface area contributed by atoms with Crippen LogP contribution in [0.5, 0.6) is 0 Å². The number of aromatic nitrogens is 1. The maximum atomic E-state index is 4.49. The predicted octanol–water partition coefficient (Wildman–Crippen LogP) is 3.45. The van der Waals surface area contributed by atoms with E-state index in [0.29, 0.717) is 6.04 Å². The molecule has 21 heavy (non-hydrogen) atoms. The Labute approximate surface area is 127 Å². The highest BCUT2D eigenvalue weighted by molar-refractivity contribution is 5.91. The molecule has 1 N–H and O–H groups in total. The first-order chi connectivity index (χ1) is 10.2. The quantitative estimate of drug-likeness (QED) is 0.935. The molecule has 0 bridgehead atoms. The molecule has 1 unspecified atom stereocenters. The Morgan fingerprint density at radius 3 is 3.05 bits per heavy atom. The van der Waals surface area contributed by atoms with Gasteiger partial charge in [0.15, 0.2) is 0 Å². The first kappa shape index (κ1) is 14.3. The van der Waals surface area contributed by atoms with Crippen molar-refractivity contribution >= 4 is 16.6 Å². The fourth-order valence-corrected chi connectivity index (χ4v) is 3.31. The minimum atomic E-state index is 0.583. The van der Waals surface area contributed by atoms with Crippen molar-refractivity contribution in [3.63, 3.8) is 0 Å². The van der Waals surface area contributed by atoms with Crippen LogP contribution in [0.4, 0.5) is 5.69 Å². The van der Waals surface area contributed by atoms with Gasteiger partial charge in [-0.05, 0) is 49.6 Å². The number of nitrogens with zero attached hydrogens (tertiary/aromatic N) is 2. The third kappa shape index (κ3) is 3.35. The average Bonchev–Trinajstić information content (AvgIpc) is 2.71. The van der Waals surface area contributed by atoms with Crippen molar-refractivity contribution < 1.29 is 0 Å². The molecular weight excluding hydrogens is 258 g/mol. The van der Waals surface area contributed by atoms with Crippen LogP contribution in [0.2, 0.25) is 0 Å². The van der Waals surface area contributed by atoms with Gasteiger partial charge >= 0.3 is 0 Å². The molecule has 2 aromatic rings. The summed E-state index contributed by atoms with van der Waals surface area (Å²) in [5.74, 6) is 0.733. The zero-order valence-electron chi connectivity index (χ0n) is 13.0. The fourth-order valence-electron chi connectivity index (χ4n) is 3.31. The molecule has 2 heterocycles. The van der Waals surface area contributed by atoms with E-state index in [2.05, 4.69) is 53.3 Å². The summed E-state index contributed by atoms with van der Waals surface area (Å²) in [6.07, 6.45) is 4.31. The molecule has 3 nitrogen and oxygen atoms in total. The lowest BCUT2D eigenvalue weighted by Gasteiger charge is -2.28. The Hall–Kier alpha value is -1.61. The van der Waals surface area contributed by atoms with E-state index in [4.69, 9.17) is 0 Å². The van der Waals surface area contributed by atoms with Gasteiger partial charge in [-0.15, -0.1) is 0 Å². The van der Waals surface area contributed by atoms with Crippen LogP contribution >= 0.6 is 0 Å². The molecule has 0 aliphatic carbocycles. The number of benzene rings is 1. The summed E-state index contributed by atoms with van der Waals surface area (Å²) in [7, 11) is 0. The summed E-state index contributed by atoms with van der Waals surface area (Å²) < 4.78 is 0. The van der Waals surface area contributed by atoms with Gasteiger partial charge in [0.2, 0.25) is 0 Å². The molecule has 1 atom stereocenters. The van der Waals surface area contributed by atoms with Crippen molar-refractivity contribution in [1.29, 1.82) is 0 Å². The number of hydrogen-bond donors (Lipinski definition) is 1. The number of hydrogen-bond acceptors (Lipinski definition) is 3. The van der Waals surface area contributed by atoms with Crippen molar-refractivity contribution in [2.24, 2.45) is 5.92 Å². The van der Waals surface area contributed by atoms with Gasteiger partial charge in [0.05, 0.1) is 5.52 Å². The minimum absolute atomic E-state index is 0.583. The van der Waals surface area contributed by atoms with Crippen LogP contribution in [0, 0.1) is 5.92 Å². The van der Waals surface area contributed by atoms with Crippen LogP contribution in [0.15, 0.2) is 36.5 Å². The second-order valence-electron chi connectivity index (χ2n) is 6.43. The highest BCUT2D eigenvalue weighted by Crippen LogP contribution is 2.27. The van der Waals surface area contributed by atoms with Gasteiger partial charge in [-0.2, -0.15) is 0 Å². The Balaban J connectivity index is 1.89. The Bertz CT molecular complexity index is 589. The van der Waals surface area contributed by atoms with Crippen molar-refractivity contribution in [2.75, 3.05) is 24.5 Å². The number of fused-ring (bicyclic) bond motifs is 1. The second-order valence-corrected chi connectivity index (χ2v) is 6.43. The molecule has 1 aromatic heterocycles. The van der Waals surface area contributed by atoms with Crippen molar-refractivity contribution in [3.05, 3.63) is 36.5 Å². The molecule has 3 heteroatoms. The molecular formula is C18H25N3. The largest absolute Gasteiger partial charge is 0.369 e. The third-order valence-corrected chi connectivity index (χ3v) is 4.20. The van der Waals surface area contributed by atoms with E-state index in [0.717, 1.165) is 31.1 Å². The highest BCUT2D eigenvalue weighted by atomic mass is 15.2. The standard InChI is InChI=1S/C18H25N3/c1-14(2)12-15-13-21(11-5-10-19-15)18-8-3-7-17-16(18)6-4-9-20-17/h3-4,6-9,14-15,19H,5,10-13H2,1-2H3. The number of nitrogens with one attached hydrogen (secondary N) is 1. The van der Waals surface area contributed by atoms with Crippen molar-refractivity contribution in [3.8, 4) is 0 Å². The van der Waals surface area contributed by atoms with Crippen LogP contribution < -0.4 is 10.2 Å². The fraction of sp³-hybridized carbons (Fsp3) is 0.500. The number of pyridine rings is 1. The summed E-state index contributed by atoms with van der Waals surface area (Å²) in [5, 5.41) is 4.97. The SMILES string of the molecule is CC(C)CC1CN(c2cccc3ncccc23)CCCN1. The number of rotatable bonds is 3. The van der Waals surface area contributed by atoms with Gasteiger partial charge in [-0.25, -0.2) is 0 Å². The Morgan fingerprint density at radius 2 is 2.19 bits per heavy atom. The van der Waals surface area contributed by atoms with Crippen molar-refractivity contribution in [2.45, 2.75) is 32.7 Å². The predicted molar refractivity (Wildman–Crippen MR) is 89.8 cm³/mol. The Morgan fingerprint density at radius 1 is 1.29 bits per heavy atom. The highest BCUT2D eigenvalue weighted by Gasteiger charge is 2.20. The first-order valence-corrected chi connectivity index (χ1v) is 8.06. The van der Waals surface area contributed by atoms with Gasteiger partial charge in [-0.3, -0.25) is 4.98 Å². The third-order valence-electron chi connectivity index (χ3n) is 4.20. The molecule has 1 aliphatic heterocycles. The monoisotopic (exact) mass is 283 g/mol. The maximum absolute atomic E-state index is 4.49. The van der Waals surface area contributed by atoms with Crippen LogP contribution in [0.3, 0.4) is 0 Å².